The molecule has 0 spiro atoms. The first-order chi connectivity index (χ1) is 8.72. The van der Waals surface area contributed by atoms with Gasteiger partial charge < -0.3 is 9.47 Å². The highest BCUT2D eigenvalue weighted by molar-refractivity contribution is 9.10. The van der Waals surface area contributed by atoms with Crippen LogP contribution in [0.1, 0.15) is 0 Å². The van der Waals surface area contributed by atoms with Crippen LogP contribution in [0.3, 0.4) is 0 Å². The van der Waals surface area contributed by atoms with E-state index in [0.29, 0.717) is 0 Å². The molecule has 0 N–H and O–H groups in total. The largest absolute Gasteiger partial charge is 0.497 e. The van der Waals surface area contributed by atoms with Gasteiger partial charge in [-0.25, -0.2) is 0 Å². The second-order valence-corrected chi connectivity index (χ2v) is 5.54. The first-order valence-corrected chi connectivity index (χ1v) is 6.99. The highest BCUT2D eigenvalue weighted by Crippen LogP contribution is 2.35. The highest BCUT2D eigenvalue weighted by atomic mass is 79.9. The molecular weight excluding hydrogens is 312 g/mol. The summed E-state index contributed by atoms with van der Waals surface area (Å²) >= 11 is 5.24. The SMILES string of the molecule is COc1ccc(Sc2ccc(OC)cc2Br)cc1. The maximum Gasteiger partial charge on any atom is 0.120 e. The average molecular weight is 325 g/mol. The summed E-state index contributed by atoms with van der Waals surface area (Å²) in [5, 5.41) is 0. The molecule has 0 bridgehead atoms. The molecule has 2 aromatic carbocycles. The van der Waals surface area contributed by atoms with Crippen molar-refractivity contribution < 1.29 is 9.47 Å². The third-order valence-corrected chi connectivity index (χ3v) is 4.43. The minimum absolute atomic E-state index is 0.848. The summed E-state index contributed by atoms with van der Waals surface area (Å²) in [4.78, 5) is 2.32. The normalized spacial score (nSPS) is 10.2. The van der Waals surface area contributed by atoms with Crippen LogP contribution in [0.25, 0.3) is 0 Å². The molecule has 0 atom stereocenters. The lowest BCUT2D eigenvalue weighted by atomic mass is 10.3. The Morgan fingerprint density at radius 3 is 2.06 bits per heavy atom. The van der Waals surface area contributed by atoms with Gasteiger partial charge in [0, 0.05) is 14.3 Å². The lowest BCUT2D eigenvalue weighted by molar-refractivity contribution is 0.414. The van der Waals surface area contributed by atoms with Crippen molar-refractivity contribution in [2.45, 2.75) is 9.79 Å². The fourth-order valence-corrected chi connectivity index (χ4v) is 2.88. The van der Waals surface area contributed by atoms with Crippen LogP contribution in [0.2, 0.25) is 0 Å². The third kappa shape index (κ3) is 3.21. The minimum Gasteiger partial charge on any atom is -0.497 e. The number of ether oxygens (including phenoxy) is 2. The van der Waals surface area contributed by atoms with Crippen LogP contribution in [0, 0.1) is 0 Å². The maximum atomic E-state index is 5.17. The number of benzene rings is 2. The number of hydrogen-bond acceptors (Lipinski definition) is 3. The van der Waals surface area contributed by atoms with E-state index in [0.717, 1.165) is 20.9 Å². The molecule has 0 aliphatic heterocycles. The summed E-state index contributed by atoms with van der Waals surface area (Å²) < 4.78 is 11.3. The van der Waals surface area contributed by atoms with Crippen molar-refractivity contribution >= 4 is 27.7 Å². The number of hydrogen-bond donors (Lipinski definition) is 0. The zero-order valence-electron chi connectivity index (χ0n) is 10.1. The van der Waals surface area contributed by atoms with Crippen LogP contribution >= 0.6 is 27.7 Å². The Morgan fingerprint density at radius 1 is 0.889 bits per heavy atom. The molecule has 18 heavy (non-hydrogen) atoms. The molecule has 2 nitrogen and oxygen atoms in total. The van der Waals surface area contributed by atoms with Gasteiger partial charge in [0.2, 0.25) is 0 Å². The van der Waals surface area contributed by atoms with Gasteiger partial charge in [-0.3, -0.25) is 0 Å². The highest BCUT2D eigenvalue weighted by Gasteiger charge is 2.04. The van der Waals surface area contributed by atoms with Gasteiger partial charge in [0.15, 0.2) is 0 Å². The second-order valence-electron chi connectivity index (χ2n) is 3.57. The number of rotatable bonds is 4. The van der Waals surface area contributed by atoms with Crippen LogP contribution in [-0.4, -0.2) is 14.2 Å². The topological polar surface area (TPSA) is 18.5 Å². The molecule has 4 heteroatoms. The first kappa shape index (κ1) is 13.3. The standard InChI is InChI=1S/C14H13BrO2S/c1-16-10-3-6-12(7-4-10)18-14-8-5-11(17-2)9-13(14)15/h3-9H,1-2H3. The van der Waals surface area contributed by atoms with Crippen LogP contribution in [0.5, 0.6) is 11.5 Å². The maximum absolute atomic E-state index is 5.17. The first-order valence-electron chi connectivity index (χ1n) is 5.38. The van der Waals surface area contributed by atoms with Crippen molar-refractivity contribution in [1.29, 1.82) is 0 Å². The zero-order valence-corrected chi connectivity index (χ0v) is 12.5. The smallest absolute Gasteiger partial charge is 0.120 e. The van der Waals surface area contributed by atoms with Gasteiger partial charge in [0.25, 0.3) is 0 Å². The number of methoxy groups -OCH3 is 2. The molecule has 2 aromatic rings. The fourth-order valence-electron chi connectivity index (χ4n) is 1.46. The van der Waals surface area contributed by atoms with E-state index in [4.69, 9.17) is 9.47 Å². The Morgan fingerprint density at radius 2 is 1.50 bits per heavy atom. The van der Waals surface area contributed by atoms with Gasteiger partial charge in [-0.2, -0.15) is 0 Å². The van der Waals surface area contributed by atoms with E-state index >= 15 is 0 Å². The van der Waals surface area contributed by atoms with Gasteiger partial charge in [-0.05, 0) is 58.4 Å². The lowest BCUT2D eigenvalue weighted by Crippen LogP contribution is -1.84. The van der Waals surface area contributed by atoms with Crippen molar-refractivity contribution in [3.63, 3.8) is 0 Å². The lowest BCUT2D eigenvalue weighted by Gasteiger charge is -2.07. The van der Waals surface area contributed by atoms with Gasteiger partial charge in [-0.15, -0.1) is 0 Å². The number of halogens is 1. The molecule has 0 heterocycles. The van der Waals surface area contributed by atoms with Crippen molar-refractivity contribution in [3.05, 3.63) is 46.9 Å². The van der Waals surface area contributed by atoms with Crippen LogP contribution in [0.15, 0.2) is 56.7 Å². The van der Waals surface area contributed by atoms with Crippen molar-refractivity contribution in [1.82, 2.24) is 0 Å². The van der Waals surface area contributed by atoms with Gasteiger partial charge >= 0.3 is 0 Å². The Balaban J connectivity index is 2.17. The molecule has 0 aliphatic carbocycles. The second kappa shape index (κ2) is 6.16. The summed E-state index contributed by atoms with van der Waals surface area (Å²) in [6, 6.07) is 14.0. The molecule has 0 amide bonds. The quantitative estimate of drug-likeness (QED) is 0.817. The fraction of sp³-hybridized carbons (Fsp3) is 0.143. The summed E-state index contributed by atoms with van der Waals surface area (Å²) in [7, 11) is 3.33. The van der Waals surface area contributed by atoms with Crippen molar-refractivity contribution in [3.8, 4) is 11.5 Å². The Labute approximate surface area is 119 Å². The molecule has 2 rings (SSSR count). The average Bonchev–Trinajstić information content (AvgIpc) is 2.42. The molecule has 0 fully saturated rings. The molecule has 0 aromatic heterocycles. The van der Waals surface area contributed by atoms with Gasteiger partial charge in [0.05, 0.1) is 14.2 Å². The molecule has 0 saturated heterocycles. The molecule has 94 valence electrons. The minimum atomic E-state index is 0.848. The van der Waals surface area contributed by atoms with E-state index in [1.165, 1.54) is 4.90 Å². The van der Waals surface area contributed by atoms with Crippen molar-refractivity contribution in [2.75, 3.05) is 14.2 Å². The van der Waals surface area contributed by atoms with E-state index in [9.17, 15) is 0 Å². The predicted molar refractivity (Wildman–Crippen MR) is 77.8 cm³/mol. The van der Waals surface area contributed by atoms with E-state index in [1.807, 2.05) is 42.5 Å². The molecule has 0 radical (unpaired) electrons. The Kier molecular flexibility index (Phi) is 4.55. The van der Waals surface area contributed by atoms with E-state index in [1.54, 1.807) is 26.0 Å². The summed E-state index contributed by atoms with van der Waals surface area (Å²) in [5.74, 6) is 1.72. The summed E-state index contributed by atoms with van der Waals surface area (Å²) in [6.45, 7) is 0. The monoisotopic (exact) mass is 324 g/mol. The van der Waals surface area contributed by atoms with E-state index in [2.05, 4.69) is 15.9 Å². The predicted octanol–water partition coefficient (Wildman–Crippen LogP) is 4.62. The van der Waals surface area contributed by atoms with Crippen LogP contribution in [-0.2, 0) is 0 Å². The van der Waals surface area contributed by atoms with E-state index in [-0.39, 0.29) is 0 Å². The Hall–Kier alpha value is -1.13. The molecule has 0 saturated carbocycles. The van der Waals surface area contributed by atoms with Crippen molar-refractivity contribution in [2.24, 2.45) is 0 Å². The summed E-state index contributed by atoms with van der Waals surface area (Å²) in [6.07, 6.45) is 0. The van der Waals surface area contributed by atoms with Gasteiger partial charge in [0.1, 0.15) is 11.5 Å². The molecule has 0 unspecified atom stereocenters. The zero-order chi connectivity index (χ0) is 13.0. The van der Waals surface area contributed by atoms with Crippen LogP contribution in [0.4, 0.5) is 0 Å². The summed E-state index contributed by atoms with van der Waals surface area (Å²) in [5.41, 5.74) is 0. The molecule has 0 aliphatic rings. The van der Waals surface area contributed by atoms with Gasteiger partial charge in [-0.1, -0.05) is 11.8 Å². The Bertz CT molecular complexity index is 526. The van der Waals surface area contributed by atoms with Crippen LogP contribution < -0.4 is 9.47 Å². The third-order valence-electron chi connectivity index (χ3n) is 2.43. The molecular formula is C14H13BrO2S. The van der Waals surface area contributed by atoms with E-state index < -0.39 is 0 Å².